The number of ether oxygens (including phenoxy) is 2. The summed E-state index contributed by atoms with van der Waals surface area (Å²) in [5.74, 6) is -1.45. The molecule has 2 aromatic carbocycles. The van der Waals surface area contributed by atoms with Crippen LogP contribution in [0.5, 0.6) is 11.5 Å². The summed E-state index contributed by atoms with van der Waals surface area (Å²) in [5, 5.41) is 6.43. The number of aliphatic imine (C=N–C) groups is 2. The average Bonchev–Trinajstić information content (AvgIpc) is 3.78. The summed E-state index contributed by atoms with van der Waals surface area (Å²) < 4.78 is 19.6. The second-order valence-corrected chi connectivity index (χ2v) is 14.3. The second-order valence-electron chi connectivity index (χ2n) is 12.3. The minimum atomic E-state index is -0.846. The highest BCUT2D eigenvalue weighted by atomic mass is 35.5. The number of anilines is 1. The van der Waals surface area contributed by atoms with Crippen LogP contribution in [-0.2, 0) is 16.0 Å². The number of halogens is 5. The van der Waals surface area contributed by atoms with Gasteiger partial charge in [0.15, 0.2) is 23.1 Å². The van der Waals surface area contributed by atoms with Crippen LogP contribution in [0.2, 0.25) is 20.1 Å². The maximum Gasteiger partial charge on any atom is 0.439 e. The molecule has 0 aliphatic carbocycles. The number of dihydropyridines is 2. The highest BCUT2D eigenvalue weighted by Crippen LogP contribution is 2.37. The maximum atomic E-state index is 12.1. The summed E-state index contributed by atoms with van der Waals surface area (Å²) >= 11 is 29.5. The lowest BCUT2D eigenvalue weighted by molar-refractivity contribution is -0.115. The van der Waals surface area contributed by atoms with Crippen LogP contribution in [0.4, 0.5) is 5.69 Å². The Morgan fingerprint density at radius 2 is 1.12 bits per heavy atom. The van der Waals surface area contributed by atoms with Crippen LogP contribution in [0.3, 0.4) is 0 Å². The number of nitrogens with zero attached hydrogens (tertiary/aromatic N) is 4. The number of aromatic nitrogens is 4. The van der Waals surface area contributed by atoms with Crippen molar-refractivity contribution in [3.05, 3.63) is 106 Å². The Morgan fingerprint density at radius 3 is 1.47 bits per heavy atom. The molecule has 0 amide bonds. The molecule has 2 aliphatic rings. The molecule has 6 rings (SSSR count). The Balaban J connectivity index is 0.000000215. The van der Waals surface area contributed by atoms with Crippen molar-refractivity contribution in [1.82, 2.24) is 20.3 Å². The molecule has 17 nitrogen and oxygen atoms in total. The number of carbonyl (C=O) groups excluding carboxylic acids is 4. The van der Waals surface area contributed by atoms with Crippen LogP contribution in [0.1, 0.15) is 54.5 Å². The normalized spacial score (nSPS) is 13.7. The van der Waals surface area contributed by atoms with Gasteiger partial charge in [0, 0.05) is 35.4 Å². The van der Waals surface area contributed by atoms with Gasteiger partial charge in [0.2, 0.25) is 29.2 Å². The molecule has 57 heavy (non-hydrogen) atoms. The van der Waals surface area contributed by atoms with E-state index in [-0.39, 0.29) is 82.0 Å². The molecule has 4 heterocycles. The number of hydrogen-bond donors (Lipinski definition) is 3. The minimum Gasteiger partial charge on any atom is -0.436 e. The van der Waals surface area contributed by atoms with Crippen molar-refractivity contribution < 1.29 is 37.7 Å². The number of H-pyrrole nitrogens is 2. The summed E-state index contributed by atoms with van der Waals surface area (Å²) in [6.07, 6.45) is 3.09. The van der Waals surface area contributed by atoms with Crippen molar-refractivity contribution in [2.45, 2.75) is 34.1 Å². The molecular weight excluding hydrogens is 856 g/mol. The minimum absolute atomic E-state index is 0.00171. The summed E-state index contributed by atoms with van der Waals surface area (Å²) in [6, 6.07) is 6.12. The van der Waals surface area contributed by atoms with Crippen LogP contribution < -0.4 is 26.7 Å². The number of nitrogens with two attached hydrogens (primary N) is 1. The van der Waals surface area contributed by atoms with E-state index in [4.69, 9.17) is 73.2 Å². The van der Waals surface area contributed by atoms with Crippen molar-refractivity contribution in [2.24, 2.45) is 21.8 Å². The zero-order valence-electron chi connectivity index (χ0n) is 30.1. The lowest BCUT2D eigenvalue weighted by atomic mass is 9.97. The van der Waals surface area contributed by atoms with E-state index in [1.54, 1.807) is 24.3 Å². The van der Waals surface area contributed by atoms with E-state index in [2.05, 4.69) is 34.3 Å². The third kappa shape index (κ3) is 12.3. The monoisotopic (exact) mass is 883 g/mol. The quantitative estimate of drug-likeness (QED) is 0.0999. The van der Waals surface area contributed by atoms with Crippen molar-refractivity contribution in [3.8, 4) is 11.5 Å². The highest BCUT2D eigenvalue weighted by molar-refractivity contribution is 6.67. The van der Waals surface area contributed by atoms with Gasteiger partial charge in [-0.1, -0.05) is 84.4 Å². The van der Waals surface area contributed by atoms with E-state index in [9.17, 15) is 28.8 Å². The fourth-order valence-corrected chi connectivity index (χ4v) is 6.01. The van der Waals surface area contributed by atoms with Gasteiger partial charge < -0.3 is 15.2 Å². The average molecular weight is 886 g/mol. The smallest absolute Gasteiger partial charge is 0.436 e. The summed E-state index contributed by atoms with van der Waals surface area (Å²) in [4.78, 5) is 79.2. The van der Waals surface area contributed by atoms with Crippen molar-refractivity contribution in [1.29, 1.82) is 0 Å². The topological polar surface area (TPSA) is 255 Å². The maximum absolute atomic E-state index is 12.1. The van der Waals surface area contributed by atoms with Gasteiger partial charge in [-0.05, 0) is 53.3 Å². The number of rotatable bonds is 8. The molecular formula is C35H30Cl5N7O10. The third-order valence-electron chi connectivity index (χ3n) is 7.39. The van der Waals surface area contributed by atoms with E-state index in [1.165, 1.54) is 12.1 Å². The number of nitrogen functional groups attached to an aromatic ring is 1. The van der Waals surface area contributed by atoms with Gasteiger partial charge in [0.25, 0.3) is 5.24 Å². The first-order valence-corrected chi connectivity index (χ1v) is 18.2. The molecule has 0 bridgehead atoms. The van der Waals surface area contributed by atoms with Crippen molar-refractivity contribution >= 4 is 98.1 Å². The molecule has 0 radical (unpaired) electrons. The molecule has 300 valence electrons. The molecule has 0 fully saturated rings. The Bertz CT molecular complexity index is 2410. The molecule has 4 N–H and O–H groups in total. The van der Waals surface area contributed by atoms with Gasteiger partial charge in [-0.25, -0.2) is 19.6 Å². The lowest BCUT2D eigenvalue weighted by Gasteiger charge is -2.17. The van der Waals surface area contributed by atoms with Gasteiger partial charge >= 0.3 is 11.5 Å². The number of benzene rings is 2. The van der Waals surface area contributed by atoms with Gasteiger partial charge in [0.1, 0.15) is 13.1 Å². The molecule has 22 heteroatoms. The second kappa shape index (κ2) is 19.7. The number of hydrogen-bond acceptors (Lipinski definition) is 15. The summed E-state index contributed by atoms with van der Waals surface area (Å²) in [6.45, 7) is 7.76. The predicted molar refractivity (Wildman–Crippen MR) is 212 cm³/mol. The van der Waals surface area contributed by atoms with E-state index in [1.807, 2.05) is 32.7 Å². The molecule has 0 saturated carbocycles. The fourth-order valence-electron chi connectivity index (χ4n) is 4.73. The molecule has 0 atom stereocenters. The van der Waals surface area contributed by atoms with E-state index in [0.29, 0.717) is 38.3 Å². The first-order valence-electron chi connectivity index (χ1n) is 16.3. The fraction of sp³-hybridized carbons (Fsp3) is 0.257. The Kier molecular flexibility index (Phi) is 15.3. The van der Waals surface area contributed by atoms with Gasteiger partial charge in [-0.3, -0.25) is 38.2 Å². The number of Topliss-reactive ketones (excluding diaryl/α,β-unsaturated/α-hetero) is 3. The molecule has 2 aromatic heterocycles. The lowest BCUT2D eigenvalue weighted by Crippen LogP contribution is -2.22. The van der Waals surface area contributed by atoms with Crippen LogP contribution in [0, 0.1) is 11.8 Å². The zero-order valence-corrected chi connectivity index (χ0v) is 33.9. The molecule has 4 aromatic rings. The van der Waals surface area contributed by atoms with Crippen molar-refractivity contribution in [2.75, 3.05) is 18.8 Å². The molecule has 2 aliphatic heterocycles. The summed E-state index contributed by atoms with van der Waals surface area (Å²) in [5.41, 5.74) is 7.87. The summed E-state index contributed by atoms with van der Waals surface area (Å²) in [7, 11) is 0. The number of nitrogens with one attached hydrogen (secondary N) is 2. The Hall–Kier alpha value is -5.33. The van der Waals surface area contributed by atoms with Crippen LogP contribution in [0.25, 0.3) is 0 Å². The van der Waals surface area contributed by atoms with E-state index < -0.39 is 22.5 Å². The van der Waals surface area contributed by atoms with Crippen molar-refractivity contribution in [3.63, 3.8) is 0 Å². The Morgan fingerprint density at radius 1 is 0.719 bits per heavy atom. The Labute approximate surface area is 346 Å². The standard InChI is InChI=1S/C18H15Cl2N3O5.C14H14Cl2N2O2.C3HClN2O3/c1-8(2)10-6-15(21-7-14(10)25)27-16-11(19)3-9(4-12(16)20)5-13(24)17-22-18(26)28-23-17;1-7(2)9-5-13(18-6-12(9)19)20-14-10(15)3-8(17)4-11(14)16;4-1(7)2-5-3(8)9-6-2/h3-4,6,8H,5,7H2,1-2H3,(H,22,23,26);3-5,7H,6,17H2,1-2H3;(H,5,6,8). The van der Waals surface area contributed by atoms with Gasteiger partial charge in [0.05, 0.1) is 20.1 Å². The van der Waals surface area contributed by atoms with E-state index >= 15 is 0 Å². The zero-order chi connectivity index (χ0) is 42.1. The third-order valence-corrected chi connectivity index (χ3v) is 8.69. The van der Waals surface area contributed by atoms with Gasteiger partial charge in [-0.15, -0.1) is 0 Å². The largest absolute Gasteiger partial charge is 0.439 e. The predicted octanol–water partition coefficient (Wildman–Crippen LogP) is 6.30. The number of aromatic amines is 2. The number of ketones is 3. The first kappa shape index (κ1) is 44.4. The van der Waals surface area contributed by atoms with Crippen LogP contribution >= 0.6 is 58.0 Å². The van der Waals surface area contributed by atoms with Gasteiger partial charge in [-0.2, -0.15) is 0 Å². The highest BCUT2D eigenvalue weighted by Gasteiger charge is 2.23. The molecule has 0 saturated heterocycles. The SMILES string of the molecule is CC(C)C1=CC(Oc2c(Cl)cc(CC(=O)c3noc(=O)[nH]3)cc2Cl)=NCC1=O.CC(C)C1=CC(Oc2c(Cl)cc(N)cc2Cl)=NCC1=O.O=C(Cl)c1noc(=O)[nH]1. The molecule has 0 spiro atoms. The van der Waals surface area contributed by atoms with Crippen LogP contribution in [-0.4, -0.2) is 67.8 Å². The van der Waals surface area contributed by atoms with Crippen LogP contribution in [0.15, 0.2) is 76.2 Å². The van der Waals surface area contributed by atoms with E-state index in [0.717, 1.165) is 0 Å². The first-order chi connectivity index (χ1) is 26.8. The molecule has 0 unspecified atom stereocenters. The number of carbonyl (C=O) groups is 4.